The van der Waals surface area contributed by atoms with Gasteiger partial charge in [0.05, 0.1) is 11.0 Å². The van der Waals surface area contributed by atoms with E-state index in [2.05, 4.69) is 9.97 Å². The average Bonchev–Trinajstić information content (AvgIpc) is 2.71. The summed E-state index contributed by atoms with van der Waals surface area (Å²) in [5.74, 6) is 0.454. The summed E-state index contributed by atoms with van der Waals surface area (Å²) in [7, 11) is 0. The van der Waals surface area contributed by atoms with E-state index in [-0.39, 0.29) is 11.3 Å². The maximum atomic E-state index is 10.1. The third kappa shape index (κ3) is 2.07. The van der Waals surface area contributed by atoms with Crippen molar-refractivity contribution < 1.29 is 5.11 Å². The van der Waals surface area contributed by atoms with Crippen LogP contribution in [0, 0.1) is 16.7 Å². The molecule has 92 valence electrons. The van der Waals surface area contributed by atoms with E-state index < -0.39 is 5.41 Å². The lowest BCUT2D eigenvalue weighted by Gasteiger charge is -2.18. The molecule has 4 heteroatoms. The van der Waals surface area contributed by atoms with Crippen LogP contribution in [0.5, 0.6) is 0 Å². The minimum absolute atomic E-state index is 0.0454. The number of aromatic amines is 1. The van der Waals surface area contributed by atoms with Crippen LogP contribution in [0.2, 0.25) is 0 Å². The van der Waals surface area contributed by atoms with Gasteiger partial charge >= 0.3 is 0 Å². The van der Waals surface area contributed by atoms with E-state index in [1.54, 1.807) is 0 Å². The number of allylic oxidation sites excluding steroid dienone is 2. The molecule has 0 spiro atoms. The highest BCUT2D eigenvalue weighted by molar-refractivity contribution is 5.82. The zero-order valence-corrected chi connectivity index (χ0v) is 10.7. The number of fused-ring (bicyclic) bond motifs is 1. The molecule has 0 unspecified atom stereocenters. The van der Waals surface area contributed by atoms with E-state index in [1.807, 2.05) is 51.1 Å². The van der Waals surface area contributed by atoms with Crippen molar-refractivity contribution in [3.8, 4) is 6.07 Å². The fraction of sp³-hybridized carbons (Fsp3) is 0.286. The standard InChI is InChI=1S/C14H15N3O/c1-14(2,3)12(18)9(8-15)13-16-10-6-4-5-7-11(10)17-13/h4-7,18H,1-3H3,(H,16,17). The highest BCUT2D eigenvalue weighted by Crippen LogP contribution is 2.29. The van der Waals surface area contributed by atoms with E-state index in [0.29, 0.717) is 5.82 Å². The smallest absolute Gasteiger partial charge is 0.152 e. The van der Waals surface area contributed by atoms with Crippen LogP contribution in [0.4, 0.5) is 0 Å². The van der Waals surface area contributed by atoms with Gasteiger partial charge in [-0.15, -0.1) is 0 Å². The SMILES string of the molecule is CC(C)(C)C(O)=C(C#N)c1nc2ccccc2[nH]1. The molecule has 0 aliphatic carbocycles. The van der Waals surface area contributed by atoms with Gasteiger partial charge in [0.25, 0.3) is 0 Å². The lowest BCUT2D eigenvalue weighted by Crippen LogP contribution is -2.11. The molecule has 18 heavy (non-hydrogen) atoms. The van der Waals surface area contributed by atoms with E-state index in [0.717, 1.165) is 11.0 Å². The molecule has 0 radical (unpaired) electrons. The first-order valence-electron chi connectivity index (χ1n) is 5.72. The van der Waals surface area contributed by atoms with Crippen LogP contribution in [0.15, 0.2) is 30.0 Å². The third-order valence-electron chi connectivity index (χ3n) is 2.69. The molecule has 1 heterocycles. The Morgan fingerprint density at radius 3 is 2.56 bits per heavy atom. The van der Waals surface area contributed by atoms with Gasteiger partial charge in [0.2, 0.25) is 0 Å². The summed E-state index contributed by atoms with van der Waals surface area (Å²) < 4.78 is 0. The molecule has 2 N–H and O–H groups in total. The number of nitriles is 1. The maximum absolute atomic E-state index is 10.1. The number of hydrogen-bond donors (Lipinski definition) is 2. The van der Waals surface area contributed by atoms with Crippen LogP contribution in [-0.2, 0) is 0 Å². The lowest BCUT2D eigenvalue weighted by molar-refractivity contribution is 0.280. The van der Waals surface area contributed by atoms with Gasteiger partial charge in [-0.2, -0.15) is 5.26 Å². The number of hydrogen-bond acceptors (Lipinski definition) is 3. The molecular weight excluding hydrogens is 226 g/mol. The van der Waals surface area contributed by atoms with E-state index >= 15 is 0 Å². The van der Waals surface area contributed by atoms with Crippen molar-refractivity contribution in [1.29, 1.82) is 5.26 Å². The molecule has 0 amide bonds. The summed E-state index contributed by atoms with van der Waals surface area (Å²) in [6, 6.07) is 9.54. The Labute approximate surface area is 106 Å². The Bertz CT molecular complexity index is 620. The van der Waals surface area contributed by atoms with Crippen LogP contribution < -0.4 is 0 Å². The molecule has 2 aromatic rings. The molecule has 2 rings (SSSR count). The number of nitrogens with zero attached hydrogens (tertiary/aromatic N) is 2. The minimum Gasteiger partial charge on any atom is -0.510 e. The Morgan fingerprint density at radius 2 is 2.00 bits per heavy atom. The van der Waals surface area contributed by atoms with Gasteiger partial charge < -0.3 is 10.1 Å². The Hall–Kier alpha value is -2.28. The van der Waals surface area contributed by atoms with Crippen molar-refractivity contribution in [3.63, 3.8) is 0 Å². The number of imidazole rings is 1. The van der Waals surface area contributed by atoms with Crippen molar-refractivity contribution >= 4 is 16.6 Å². The molecule has 0 saturated carbocycles. The molecular formula is C14H15N3O. The van der Waals surface area contributed by atoms with Gasteiger partial charge in [0.1, 0.15) is 17.4 Å². The van der Waals surface area contributed by atoms with E-state index in [9.17, 15) is 10.4 Å². The number of aliphatic hydroxyl groups is 1. The number of benzene rings is 1. The fourth-order valence-corrected chi connectivity index (χ4v) is 1.66. The molecule has 1 aromatic carbocycles. The van der Waals surface area contributed by atoms with Crippen LogP contribution in [0.25, 0.3) is 16.6 Å². The maximum Gasteiger partial charge on any atom is 0.152 e. The molecule has 0 saturated heterocycles. The van der Waals surface area contributed by atoms with Gasteiger partial charge in [-0.05, 0) is 12.1 Å². The minimum atomic E-state index is -0.482. The first kappa shape index (κ1) is 12.2. The second kappa shape index (κ2) is 4.19. The topological polar surface area (TPSA) is 72.7 Å². The zero-order valence-electron chi connectivity index (χ0n) is 10.7. The van der Waals surface area contributed by atoms with E-state index in [4.69, 9.17) is 0 Å². The quantitative estimate of drug-likeness (QED) is 0.593. The summed E-state index contributed by atoms with van der Waals surface area (Å²) in [4.78, 5) is 7.37. The molecule has 0 aliphatic heterocycles. The van der Waals surface area contributed by atoms with Crippen molar-refractivity contribution in [2.45, 2.75) is 20.8 Å². The number of rotatable bonds is 1. The Kier molecular flexibility index (Phi) is 2.84. The Morgan fingerprint density at radius 1 is 1.33 bits per heavy atom. The first-order chi connectivity index (χ1) is 8.43. The predicted octanol–water partition coefficient (Wildman–Crippen LogP) is 3.40. The van der Waals surface area contributed by atoms with Gasteiger partial charge in [0.15, 0.2) is 5.82 Å². The summed E-state index contributed by atoms with van der Waals surface area (Å²) in [5.41, 5.74) is 1.34. The monoisotopic (exact) mass is 241 g/mol. The highest BCUT2D eigenvalue weighted by atomic mass is 16.3. The fourth-order valence-electron chi connectivity index (χ4n) is 1.66. The van der Waals surface area contributed by atoms with Gasteiger partial charge in [-0.3, -0.25) is 0 Å². The molecule has 0 fully saturated rings. The van der Waals surface area contributed by atoms with Crippen molar-refractivity contribution in [1.82, 2.24) is 9.97 Å². The van der Waals surface area contributed by atoms with Crippen LogP contribution in [0.3, 0.4) is 0 Å². The second-order valence-corrected chi connectivity index (χ2v) is 5.19. The van der Waals surface area contributed by atoms with E-state index in [1.165, 1.54) is 0 Å². The third-order valence-corrected chi connectivity index (χ3v) is 2.69. The normalized spacial score (nSPS) is 13.2. The second-order valence-electron chi connectivity index (χ2n) is 5.19. The van der Waals surface area contributed by atoms with Crippen molar-refractivity contribution in [2.75, 3.05) is 0 Å². The number of aliphatic hydroxyl groups excluding tert-OH is 1. The molecule has 4 nitrogen and oxygen atoms in total. The average molecular weight is 241 g/mol. The largest absolute Gasteiger partial charge is 0.510 e. The number of aromatic nitrogens is 2. The van der Waals surface area contributed by atoms with Crippen LogP contribution >= 0.6 is 0 Å². The van der Waals surface area contributed by atoms with Crippen molar-refractivity contribution in [2.24, 2.45) is 5.41 Å². The predicted molar refractivity (Wildman–Crippen MR) is 70.7 cm³/mol. The molecule has 0 atom stereocenters. The summed E-state index contributed by atoms with van der Waals surface area (Å²) >= 11 is 0. The first-order valence-corrected chi connectivity index (χ1v) is 5.72. The van der Waals surface area contributed by atoms with Crippen molar-refractivity contribution in [3.05, 3.63) is 35.8 Å². The molecule has 1 aromatic heterocycles. The zero-order chi connectivity index (χ0) is 13.3. The number of para-hydroxylation sites is 2. The highest BCUT2D eigenvalue weighted by Gasteiger charge is 2.23. The van der Waals surface area contributed by atoms with Gasteiger partial charge in [-0.25, -0.2) is 4.98 Å². The summed E-state index contributed by atoms with van der Waals surface area (Å²) in [6.07, 6.45) is 0. The van der Waals surface area contributed by atoms with Gasteiger partial charge in [-0.1, -0.05) is 32.9 Å². The number of H-pyrrole nitrogens is 1. The Balaban J connectivity index is 2.62. The summed E-state index contributed by atoms with van der Waals surface area (Å²) in [6.45, 7) is 5.55. The van der Waals surface area contributed by atoms with Crippen LogP contribution in [-0.4, -0.2) is 15.1 Å². The molecule has 0 bridgehead atoms. The molecule has 0 aliphatic rings. The van der Waals surface area contributed by atoms with Crippen LogP contribution in [0.1, 0.15) is 26.6 Å². The van der Waals surface area contributed by atoms with Gasteiger partial charge in [0, 0.05) is 5.41 Å². The lowest BCUT2D eigenvalue weighted by atomic mass is 9.91. The summed E-state index contributed by atoms with van der Waals surface area (Å²) in [5, 5.41) is 19.3. The number of nitrogens with one attached hydrogen (secondary N) is 1.